The second-order valence-corrected chi connectivity index (χ2v) is 6.68. The summed E-state index contributed by atoms with van der Waals surface area (Å²) in [4.78, 5) is 20.4. The first-order chi connectivity index (χ1) is 14.1. The summed E-state index contributed by atoms with van der Waals surface area (Å²) >= 11 is 0.224. The lowest BCUT2D eigenvalue weighted by Crippen LogP contribution is -2.14. The number of hydrogen-bond acceptors (Lipinski definition) is 6. The van der Waals surface area contributed by atoms with E-state index in [0.29, 0.717) is 17.2 Å². The molecule has 2 aromatic heterocycles. The number of rotatable bonds is 8. The Kier molecular flexibility index (Phi) is 6.96. The Morgan fingerprint density at radius 1 is 1.14 bits per heavy atom. The standard InChI is InChI=1S/C20H17F2N3O3S/c1-27-16-5-4-14(11-17(16)28-12-13-6-9-23-10-7-13)25-18(26)15-3-2-8-24-19(15)29-20(21)22/h2-11,20H,12H2,1H3,(H,25,26). The average molecular weight is 417 g/mol. The van der Waals surface area contributed by atoms with E-state index in [2.05, 4.69) is 15.3 Å². The van der Waals surface area contributed by atoms with Gasteiger partial charge in [-0.1, -0.05) is 0 Å². The van der Waals surface area contributed by atoms with Gasteiger partial charge in [0.25, 0.3) is 11.7 Å². The van der Waals surface area contributed by atoms with Gasteiger partial charge in [0.2, 0.25) is 0 Å². The molecule has 0 bridgehead atoms. The molecule has 6 nitrogen and oxygen atoms in total. The SMILES string of the molecule is COc1ccc(NC(=O)c2cccnc2SC(F)F)cc1OCc1ccncc1. The molecule has 0 saturated carbocycles. The lowest BCUT2D eigenvalue weighted by atomic mass is 10.2. The van der Waals surface area contributed by atoms with Crippen LogP contribution in [0.3, 0.4) is 0 Å². The zero-order chi connectivity index (χ0) is 20.6. The van der Waals surface area contributed by atoms with E-state index in [4.69, 9.17) is 9.47 Å². The fourth-order valence-electron chi connectivity index (χ4n) is 2.45. The van der Waals surface area contributed by atoms with Gasteiger partial charge in [-0.15, -0.1) is 0 Å². The highest BCUT2D eigenvalue weighted by Gasteiger charge is 2.17. The van der Waals surface area contributed by atoms with Crippen LogP contribution < -0.4 is 14.8 Å². The number of hydrogen-bond donors (Lipinski definition) is 1. The Hall–Kier alpha value is -3.20. The summed E-state index contributed by atoms with van der Waals surface area (Å²) in [7, 11) is 1.51. The number of anilines is 1. The lowest BCUT2D eigenvalue weighted by molar-refractivity contribution is 0.102. The van der Waals surface area contributed by atoms with Crippen molar-refractivity contribution in [1.82, 2.24) is 9.97 Å². The monoisotopic (exact) mass is 417 g/mol. The van der Waals surface area contributed by atoms with Crippen LogP contribution in [0.15, 0.2) is 66.1 Å². The maximum Gasteiger partial charge on any atom is 0.290 e. The van der Waals surface area contributed by atoms with Gasteiger partial charge in [0.15, 0.2) is 11.5 Å². The number of aromatic nitrogens is 2. The largest absolute Gasteiger partial charge is 0.493 e. The van der Waals surface area contributed by atoms with Gasteiger partial charge in [0.05, 0.1) is 12.7 Å². The first-order valence-corrected chi connectivity index (χ1v) is 9.35. The molecule has 1 N–H and O–H groups in total. The van der Waals surface area contributed by atoms with Crippen LogP contribution in [0.2, 0.25) is 0 Å². The molecule has 0 aliphatic carbocycles. The Bertz CT molecular complexity index is 974. The number of alkyl halides is 2. The van der Waals surface area contributed by atoms with E-state index >= 15 is 0 Å². The molecule has 29 heavy (non-hydrogen) atoms. The molecule has 0 fully saturated rings. The second-order valence-electron chi connectivity index (χ2n) is 5.70. The van der Waals surface area contributed by atoms with Gasteiger partial charge in [-0.3, -0.25) is 9.78 Å². The number of methoxy groups -OCH3 is 1. The van der Waals surface area contributed by atoms with Crippen molar-refractivity contribution in [3.05, 3.63) is 72.2 Å². The average Bonchev–Trinajstić information content (AvgIpc) is 2.73. The molecular weight excluding hydrogens is 400 g/mol. The van der Waals surface area contributed by atoms with E-state index in [-0.39, 0.29) is 29.0 Å². The number of nitrogens with one attached hydrogen (secondary N) is 1. The molecule has 3 rings (SSSR count). The molecule has 150 valence electrons. The van der Waals surface area contributed by atoms with Crippen LogP contribution in [0.5, 0.6) is 11.5 Å². The Balaban J connectivity index is 1.77. The summed E-state index contributed by atoms with van der Waals surface area (Å²) in [5, 5.41) is 2.64. The summed E-state index contributed by atoms with van der Waals surface area (Å²) < 4.78 is 36.5. The third-order valence-electron chi connectivity index (χ3n) is 3.78. The van der Waals surface area contributed by atoms with Gasteiger partial charge in [-0.25, -0.2) is 4.98 Å². The first kappa shape index (κ1) is 20.5. The van der Waals surface area contributed by atoms with Crippen molar-refractivity contribution in [2.75, 3.05) is 12.4 Å². The number of ether oxygens (including phenoxy) is 2. The van der Waals surface area contributed by atoms with Crippen molar-refractivity contribution in [3.63, 3.8) is 0 Å². The minimum atomic E-state index is -2.68. The number of pyridine rings is 2. The van der Waals surface area contributed by atoms with Crippen LogP contribution in [0.4, 0.5) is 14.5 Å². The molecule has 0 unspecified atom stereocenters. The molecule has 0 radical (unpaired) electrons. The zero-order valence-electron chi connectivity index (χ0n) is 15.3. The number of amides is 1. The number of carbonyl (C=O) groups is 1. The highest BCUT2D eigenvalue weighted by molar-refractivity contribution is 7.99. The number of thioether (sulfide) groups is 1. The number of benzene rings is 1. The molecule has 0 spiro atoms. The maximum atomic E-state index is 12.7. The van der Waals surface area contributed by atoms with Gasteiger partial charge in [-0.2, -0.15) is 8.78 Å². The number of halogens is 2. The molecule has 0 atom stereocenters. The lowest BCUT2D eigenvalue weighted by Gasteiger charge is -2.13. The minimum Gasteiger partial charge on any atom is -0.493 e. The molecule has 0 aliphatic rings. The van der Waals surface area contributed by atoms with E-state index in [1.165, 1.54) is 25.4 Å². The number of nitrogens with zero attached hydrogens (tertiary/aromatic N) is 2. The van der Waals surface area contributed by atoms with Crippen molar-refractivity contribution < 1.29 is 23.0 Å². The van der Waals surface area contributed by atoms with E-state index in [1.807, 2.05) is 12.1 Å². The summed E-state index contributed by atoms with van der Waals surface area (Å²) in [6.07, 6.45) is 4.69. The molecule has 3 aromatic rings. The predicted octanol–water partition coefficient (Wildman–Crippen LogP) is 4.63. The van der Waals surface area contributed by atoms with E-state index in [1.54, 1.807) is 30.6 Å². The topological polar surface area (TPSA) is 73.3 Å². The quantitative estimate of drug-likeness (QED) is 0.539. The predicted molar refractivity (Wildman–Crippen MR) is 106 cm³/mol. The van der Waals surface area contributed by atoms with E-state index in [0.717, 1.165) is 5.56 Å². The summed E-state index contributed by atoms with van der Waals surface area (Å²) in [5.41, 5.74) is 1.41. The van der Waals surface area contributed by atoms with Crippen molar-refractivity contribution >= 4 is 23.4 Å². The second kappa shape index (κ2) is 9.83. The number of carbonyl (C=O) groups excluding carboxylic acids is 1. The smallest absolute Gasteiger partial charge is 0.290 e. The third-order valence-corrected chi connectivity index (χ3v) is 4.51. The van der Waals surface area contributed by atoms with E-state index < -0.39 is 11.7 Å². The normalized spacial score (nSPS) is 10.6. The summed E-state index contributed by atoms with van der Waals surface area (Å²) in [5.74, 6) is -2.31. The fraction of sp³-hybridized carbons (Fsp3) is 0.150. The van der Waals surface area contributed by atoms with Crippen molar-refractivity contribution in [2.45, 2.75) is 17.4 Å². The van der Waals surface area contributed by atoms with Crippen molar-refractivity contribution in [1.29, 1.82) is 0 Å². The molecule has 0 saturated heterocycles. The highest BCUT2D eigenvalue weighted by Crippen LogP contribution is 2.32. The maximum absolute atomic E-state index is 12.7. The van der Waals surface area contributed by atoms with Crippen LogP contribution in [0.25, 0.3) is 0 Å². The molecular formula is C20H17F2N3O3S. The van der Waals surface area contributed by atoms with Crippen LogP contribution in [-0.4, -0.2) is 28.7 Å². The minimum absolute atomic E-state index is 0.0392. The first-order valence-electron chi connectivity index (χ1n) is 8.47. The zero-order valence-corrected chi connectivity index (χ0v) is 16.2. The molecule has 1 aromatic carbocycles. The summed E-state index contributed by atoms with van der Waals surface area (Å²) in [6.45, 7) is 0.286. The Morgan fingerprint density at radius 2 is 1.93 bits per heavy atom. The molecule has 2 heterocycles. The van der Waals surface area contributed by atoms with Crippen LogP contribution >= 0.6 is 11.8 Å². The third kappa shape index (κ3) is 5.64. The van der Waals surface area contributed by atoms with Crippen LogP contribution in [-0.2, 0) is 6.61 Å². The fourth-order valence-corrected chi connectivity index (χ4v) is 3.03. The van der Waals surface area contributed by atoms with Crippen LogP contribution in [0, 0.1) is 0 Å². The van der Waals surface area contributed by atoms with E-state index in [9.17, 15) is 13.6 Å². The van der Waals surface area contributed by atoms with Crippen molar-refractivity contribution in [3.8, 4) is 11.5 Å². The van der Waals surface area contributed by atoms with Crippen LogP contribution in [0.1, 0.15) is 15.9 Å². The molecule has 1 amide bonds. The van der Waals surface area contributed by atoms with Crippen molar-refractivity contribution in [2.24, 2.45) is 0 Å². The van der Waals surface area contributed by atoms with Gasteiger partial charge in [-0.05, 0) is 53.7 Å². The van der Waals surface area contributed by atoms with Gasteiger partial charge in [0.1, 0.15) is 11.6 Å². The highest BCUT2D eigenvalue weighted by atomic mass is 32.2. The van der Waals surface area contributed by atoms with Gasteiger partial charge < -0.3 is 14.8 Å². The van der Waals surface area contributed by atoms with Gasteiger partial charge in [0, 0.05) is 30.3 Å². The Morgan fingerprint density at radius 3 is 2.66 bits per heavy atom. The molecule has 9 heteroatoms. The van der Waals surface area contributed by atoms with Gasteiger partial charge >= 0.3 is 0 Å². The molecule has 0 aliphatic heterocycles. The Labute approximate surface area is 170 Å². The summed E-state index contributed by atoms with van der Waals surface area (Å²) in [6, 6.07) is 11.5.